The molecule has 102 valence electrons. The van der Waals surface area contributed by atoms with Gasteiger partial charge in [0, 0.05) is 31.0 Å². The molecule has 5 nitrogen and oxygen atoms in total. The van der Waals surface area contributed by atoms with Gasteiger partial charge in [0.2, 0.25) is 0 Å². The maximum absolute atomic E-state index is 11.7. The van der Waals surface area contributed by atoms with Crippen LogP contribution < -0.4 is 11.3 Å². The molecule has 2 N–H and O–H groups in total. The van der Waals surface area contributed by atoms with E-state index < -0.39 is 0 Å². The highest BCUT2D eigenvalue weighted by Crippen LogP contribution is 2.05. The fourth-order valence-corrected chi connectivity index (χ4v) is 1.95. The van der Waals surface area contributed by atoms with Crippen LogP contribution in [0.5, 0.6) is 0 Å². The first-order valence-corrected chi connectivity index (χ1v) is 6.39. The van der Waals surface area contributed by atoms with Gasteiger partial charge < -0.3 is 14.7 Å². The lowest BCUT2D eigenvalue weighted by atomic mass is 10.3. The first-order chi connectivity index (χ1) is 9.19. The predicted molar refractivity (Wildman–Crippen MR) is 74.8 cm³/mol. The number of anilines is 1. The molecular weight excluding hydrogens is 242 g/mol. The van der Waals surface area contributed by atoms with Crippen LogP contribution in [-0.2, 0) is 13.1 Å². The lowest BCUT2D eigenvalue weighted by Crippen LogP contribution is -2.30. The van der Waals surface area contributed by atoms with E-state index in [4.69, 9.17) is 10.2 Å². The number of aromatic nitrogens is 1. The average molecular weight is 261 g/mol. The molecule has 5 heteroatoms. The van der Waals surface area contributed by atoms with Crippen LogP contribution in [0.25, 0.3) is 0 Å². The van der Waals surface area contributed by atoms with Crippen LogP contribution in [0, 0.1) is 0 Å². The number of likely N-dealkylation sites (N-methyl/N-ethyl adjacent to an activating group) is 1. The molecule has 2 heterocycles. The summed E-state index contributed by atoms with van der Waals surface area (Å²) in [7, 11) is 0. The summed E-state index contributed by atoms with van der Waals surface area (Å²) in [6, 6.07) is 6.96. The zero-order valence-electron chi connectivity index (χ0n) is 11.1. The Hall–Kier alpha value is -2.01. The van der Waals surface area contributed by atoms with E-state index in [0.29, 0.717) is 12.2 Å². The fourth-order valence-electron chi connectivity index (χ4n) is 1.95. The van der Waals surface area contributed by atoms with Crippen molar-refractivity contribution in [3.8, 4) is 0 Å². The van der Waals surface area contributed by atoms with Gasteiger partial charge >= 0.3 is 0 Å². The van der Waals surface area contributed by atoms with E-state index in [-0.39, 0.29) is 5.56 Å². The second kappa shape index (κ2) is 6.24. The van der Waals surface area contributed by atoms with Gasteiger partial charge in [-0.05, 0) is 24.7 Å². The van der Waals surface area contributed by atoms with E-state index in [1.54, 1.807) is 23.1 Å². The normalized spacial score (nSPS) is 11.1. The second-order valence-corrected chi connectivity index (χ2v) is 4.44. The van der Waals surface area contributed by atoms with Crippen molar-refractivity contribution in [3.63, 3.8) is 0 Å². The van der Waals surface area contributed by atoms with Crippen LogP contribution >= 0.6 is 0 Å². The van der Waals surface area contributed by atoms with Crippen LogP contribution in [0.1, 0.15) is 12.7 Å². The quantitative estimate of drug-likeness (QED) is 0.856. The molecule has 0 radical (unpaired) electrons. The van der Waals surface area contributed by atoms with Gasteiger partial charge in [-0.1, -0.05) is 6.92 Å². The Bertz CT molecular complexity index is 560. The van der Waals surface area contributed by atoms with Gasteiger partial charge in [-0.2, -0.15) is 0 Å². The molecule has 2 aromatic rings. The summed E-state index contributed by atoms with van der Waals surface area (Å²) in [6.07, 6.45) is 3.36. The Morgan fingerprint density at radius 1 is 1.37 bits per heavy atom. The minimum atomic E-state index is -0.0248. The number of pyridine rings is 1. The first-order valence-electron chi connectivity index (χ1n) is 6.39. The van der Waals surface area contributed by atoms with Crippen LogP contribution in [-0.4, -0.2) is 22.6 Å². The molecule has 0 bridgehead atoms. The maximum atomic E-state index is 11.7. The van der Waals surface area contributed by atoms with Crippen molar-refractivity contribution < 1.29 is 4.42 Å². The smallest absolute Gasteiger partial charge is 0.250 e. The average Bonchev–Trinajstić information content (AvgIpc) is 2.91. The minimum absolute atomic E-state index is 0.0248. The highest BCUT2D eigenvalue weighted by molar-refractivity contribution is 5.33. The molecule has 2 rings (SSSR count). The van der Waals surface area contributed by atoms with Crippen molar-refractivity contribution in [1.82, 2.24) is 9.47 Å². The zero-order valence-corrected chi connectivity index (χ0v) is 11.1. The Balaban J connectivity index is 1.96. The molecule has 0 atom stereocenters. The molecule has 0 saturated heterocycles. The fraction of sp³-hybridized carbons (Fsp3) is 0.357. The standard InChI is InChI=1S/C14H19N3O2/c1-2-16(11-13-4-3-9-19-13)7-8-17-10-12(15)5-6-14(17)18/h3-6,9-10H,2,7-8,11,15H2,1H3. The van der Waals surface area contributed by atoms with Crippen molar-refractivity contribution in [2.75, 3.05) is 18.8 Å². The molecule has 0 saturated carbocycles. The highest BCUT2D eigenvalue weighted by Gasteiger charge is 2.06. The Morgan fingerprint density at radius 2 is 2.21 bits per heavy atom. The number of nitrogens with two attached hydrogens (primary N) is 1. The van der Waals surface area contributed by atoms with E-state index >= 15 is 0 Å². The molecule has 0 amide bonds. The Morgan fingerprint density at radius 3 is 2.89 bits per heavy atom. The number of nitrogens with zero attached hydrogens (tertiary/aromatic N) is 2. The summed E-state index contributed by atoms with van der Waals surface area (Å²) in [5, 5.41) is 0. The Labute approximate surface area is 112 Å². The van der Waals surface area contributed by atoms with Gasteiger partial charge in [0.1, 0.15) is 5.76 Å². The number of hydrogen-bond donors (Lipinski definition) is 1. The van der Waals surface area contributed by atoms with Crippen molar-refractivity contribution in [3.05, 3.63) is 52.8 Å². The molecule has 0 fully saturated rings. The monoisotopic (exact) mass is 261 g/mol. The molecule has 2 aromatic heterocycles. The van der Waals surface area contributed by atoms with Crippen molar-refractivity contribution in [2.24, 2.45) is 0 Å². The van der Waals surface area contributed by atoms with Crippen LogP contribution in [0.2, 0.25) is 0 Å². The molecule has 0 spiro atoms. The van der Waals surface area contributed by atoms with Gasteiger partial charge in [0.05, 0.1) is 12.8 Å². The third-order valence-corrected chi connectivity index (χ3v) is 3.07. The zero-order chi connectivity index (χ0) is 13.7. The van der Waals surface area contributed by atoms with E-state index in [9.17, 15) is 4.79 Å². The van der Waals surface area contributed by atoms with E-state index in [0.717, 1.165) is 25.4 Å². The summed E-state index contributed by atoms with van der Waals surface area (Å²) in [4.78, 5) is 13.9. The van der Waals surface area contributed by atoms with E-state index in [1.165, 1.54) is 6.07 Å². The topological polar surface area (TPSA) is 64.4 Å². The molecule has 0 unspecified atom stereocenters. The summed E-state index contributed by atoms with van der Waals surface area (Å²) in [5.74, 6) is 0.932. The highest BCUT2D eigenvalue weighted by atomic mass is 16.3. The molecule has 19 heavy (non-hydrogen) atoms. The lowest BCUT2D eigenvalue weighted by molar-refractivity contribution is 0.245. The van der Waals surface area contributed by atoms with Crippen LogP contribution in [0.3, 0.4) is 0 Å². The number of furan rings is 1. The van der Waals surface area contributed by atoms with E-state index in [2.05, 4.69) is 11.8 Å². The third kappa shape index (κ3) is 3.72. The molecule has 0 aliphatic carbocycles. The summed E-state index contributed by atoms with van der Waals surface area (Å²) in [5.41, 5.74) is 6.27. The maximum Gasteiger partial charge on any atom is 0.250 e. The van der Waals surface area contributed by atoms with E-state index in [1.807, 2.05) is 12.1 Å². The summed E-state index contributed by atoms with van der Waals surface area (Å²) >= 11 is 0. The third-order valence-electron chi connectivity index (χ3n) is 3.07. The lowest BCUT2D eigenvalue weighted by Gasteiger charge is -2.19. The summed E-state index contributed by atoms with van der Waals surface area (Å²) < 4.78 is 6.97. The minimum Gasteiger partial charge on any atom is -0.468 e. The van der Waals surface area contributed by atoms with Gasteiger partial charge in [0.15, 0.2) is 0 Å². The van der Waals surface area contributed by atoms with Gasteiger partial charge in [-0.25, -0.2) is 0 Å². The largest absolute Gasteiger partial charge is 0.468 e. The van der Waals surface area contributed by atoms with Crippen molar-refractivity contribution in [2.45, 2.75) is 20.0 Å². The van der Waals surface area contributed by atoms with Gasteiger partial charge in [0.25, 0.3) is 5.56 Å². The van der Waals surface area contributed by atoms with Gasteiger partial charge in [-0.15, -0.1) is 0 Å². The SMILES string of the molecule is CCN(CCn1cc(N)ccc1=O)Cc1ccco1. The van der Waals surface area contributed by atoms with Crippen molar-refractivity contribution in [1.29, 1.82) is 0 Å². The first kappa shape index (κ1) is 13.4. The van der Waals surface area contributed by atoms with Crippen LogP contribution in [0.15, 0.2) is 45.9 Å². The second-order valence-electron chi connectivity index (χ2n) is 4.44. The van der Waals surface area contributed by atoms with Gasteiger partial charge in [-0.3, -0.25) is 9.69 Å². The molecule has 0 aliphatic heterocycles. The number of nitrogen functional groups attached to an aromatic ring is 1. The predicted octanol–water partition coefficient (Wildman–Crippen LogP) is 1.55. The molecular formula is C14H19N3O2. The number of hydrogen-bond acceptors (Lipinski definition) is 4. The molecule has 0 aliphatic rings. The number of rotatable bonds is 6. The Kier molecular flexibility index (Phi) is 4.41. The van der Waals surface area contributed by atoms with Crippen molar-refractivity contribution >= 4 is 5.69 Å². The molecule has 0 aromatic carbocycles. The van der Waals surface area contributed by atoms with Crippen LogP contribution in [0.4, 0.5) is 5.69 Å². The summed E-state index contributed by atoms with van der Waals surface area (Å²) in [6.45, 7) is 5.14.